The molecule has 1 fully saturated rings. The average Bonchev–Trinajstić information content (AvgIpc) is 2.68. The average molecular weight is 396 g/mol. The van der Waals surface area contributed by atoms with Crippen molar-refractivity contribution in [2.24, 2.45) is 0 Å². The summed E-state index contributed by atoms with van der Waals surface area (Å²) in [4.78, 5) is 14.8. The van der Waals surface area contributed by atoms with Gasteiger partial charge in [0.1, 0.15) is 5.60 Å². The van der Waals surface area contributed by atoms with E-state index in [0.29, 0.717) is 13.2 Å². The highest BCUT2D eigenvalue weighted by Gasteiger charge is 2.38. The molecule has 2 aromatic carbocycles. The van der Waals surface area contributed by atoms with Crippen LogP contribution in [0.25, 0.3) is 0 Å². The second-order valence-electron chi connectivity index (χ2n) is 8.88. The van der Waals surface area contributed by atoms with Crippen molar-refractivity contribution >= 4 is 6.09 Å². The molecule has 0 spiro atoms. The summed E-state index contributed by atoms with van der Waals surface area (Å²) in [5.41, 5.74) is 4.30. The number of aryl methyl sites for hydroxylation is 1. The first-order valence-corrected chi connectivity index (χ1v) is 10.5. The fourth-order valence-electron chi connectivity index (χ4n) is 3.87. The standard InChI is InChI=1S/C25H33NO3/c1-18-11-9-14-21(19(18)2)17-28-22-15-10-16-26(24(27)29-25(3,4)5)23(22)20-12-7-6-8-13-20/h6-9,11-14,22-23H,10,15-17H2,1-5H3/t22-,23-/m0/s1. The van der Waals surface area contributed by atoms with Crippen molar-refractivity contribution in [3.63, 3.8) is 0 Å². The topological polar surface area (TPSA) is 38.8 Å². The summed E-state index contributed by atoms with van der Waals surface area (Å²) in [7, 11) is 0. The van der Waals surface area contributed by atoms with Crippen molar-refractivity contribution in [3.8, 4) is 0 Å². The molecule has 4 nitrogen and oxygen atoms in total. The molecule has 2 atom stereocenters. The van der Waals surface area contributed by atoms with Crippen LogP contribution >= 0.6 is 0 Å². The van der Waals surface area contributed by atoms with Gasteiger partial charge in [0.2, 0.25) is 0 Å². The summed E-state index contributed by atoms with van der Waals surface area (Å²) in [5, 5.41) is 0. The second kappa shape index (κ2) is 9.00. The number of rotatable bonds is 4. The third kappa shape index (κ3) is 5.39. The Balaban J connectivity index is 1.84. The third-order valence-corrected chi connectivity index (χ3v) is 5.51. The molecule has 0 aromatic heterocycles. The molecule has 1 heterocycles. The van der Waals surface area contributed by atoms with Gasteiger partial charge < -0.3 is 9.47 Å². The van der Waals surface area contributed by atoms with Crippen molar-refractivity contribution in [1.29, 1.82) is 0 Å². The molecule has 1 aliphatic rings. The van der Waals surface area contributed by atoms with E-state index in [0.717, 1.165) is 18.4 Å². The van der Waals surface area contributed by atoms with Crippen molar-refractivity contribution in [2.45, 2.75) is 71.8 Å². The molecule has 1 saturated heterocycles. The summed E-state index contributed by atoms with van der Waals surface area (Å²) < 4.78 is 12.1. The van der Waals surface area contributed by atoms with E-state index in [2.05, 4.69) is 44.2 Å². The summed E-state index contributed by atoms with van der Waals surface area (Å²) in [5.74, 6) is 0. The maximum Gasteiger partial charge on any atom is 0.410 e. The van der Waals surface area contributed by atoms with Gasteiger partial charge in [-0.1, -0.05) is 48.5 Å². The summed E-state index contributed by atoms with van der Waals surface area (Å²) in [6.45, 7) is 11.2. The number of nitrogens with zero attached hydrogens (tertiary/aromatic N) is 1. The van der Waals surface area contributed by atoms with Crippen LogP contribution in [0.2, 0.25) is 0 Å². The number of ether oxygens (including phenoxy) is 2. The van der Waals surface area contributed by atoms with Crippen LogP contribution in [-0.2, 0) is 16.1 Å². The van der Waals surface area contributed by atoms with Crippen LogP contribution in [0, 0.1) is 13.8 Å². The van der Waals surface area contributed by atoms with Crippen molar-refractivity contribution in [1.82, 2.24) is 4.90 Å². The fourth-order valence-corrected chi connectivity index (χ4v) is 3.87. The Kier molecular flexibility index (Phi) is 6.63. The lowest BCUT2D eigenvalue weighted by Gasteiger charge is -2.41. The lowest BCUT2D eigenvalue weighted by molar-refractivity contribution is -0.0601. The highest BCUT2D eigenvalue weighted by molar-refractivity contribution is 5.69. The van der Waals surface area contributed by atoms with Crippen molar-refractivity contribution < 1.29 is 14.3 Å². The van der Waals surface area contributed by atoms with Crippen LogP contribution in [0.1, 0.15) is 61.9 Å². The minimum absolute atomic E-state index is 0.0708. The lowest BCUT2D eigenvalue weighted by atomic mass is 9.92. The Labute approximate surface area is 174 Å². The van der Waals surface area contributed by atoms with Gasteiger partial charge in [-0.25, -0.2) is 4.79 Å². The molecule has 1 aliphatic heterocycles. The van der Waals surface area contributed by atoms with Crippen LogP contribution in [0.5, 0.6) is 0 Å². The largest absolute Gasteiger partial charge is 0.444 e. The molecule has 29 heavy (non-hydrogen) atoms. The number of amides is 1. The van der Waals surface area contributed by atoms with Gasteiger partial charge >= 0.3 is 6.09 Å². The van der Waals surface area contributed by atoms with Crippen molar-refractivity contribution in [2.75, 3.05) is 6.54 Å². The molecule has 3 rings (SSSR count). The maximum atomic E-state index is 13.0. The van der Waals surface area contributed by atoms with Crippen molar-refractivity contribution in [3.05, 3.63) is 70.8 Å². The minimum atomic E-state index is -0.523. The summed E-state index contributed by atoms with van der Waals surface area (Å²) in [6, 6.07) is 16.3. The van der Waals surface area contributed by atoms with Gasteiger partial charge in [-0.3, -0.25) is 4.90 Å². The minimum Gasteiger partial charge on any atom is -0.444 e. The van der Waals surface area contributed by atoms with E-state index >= 15 is 0 Å². The van der Waals surface area contributed by atoms with E-state index in [4.69, 9.17) is 9.47 Å². The Morgan fingerprint density at radius 1 is 1.07 bits per heavy atom. The Morgan fingerprint density at radius 3 is 2.48 bits per heavy atom. The van der Waals surface area contributed by atoms with Gasteiger partial charge in [0.15, 0.2) is 0 Å². The molecule has 0 bridgehead atoms. The van der Waals surface area contributed by atoms with Crippen LogP contribution in [-0.4, -0.2) is 29.2 Å². The smallest absolute Gasteiger partial charge is 0.410 e. The summed E-state index contributed by atoms with van der Waals surface area (Å²) in [6.07, 6.45) is 1.48. The van der Waals surface area contributed by atoms with E-state index in [1.54, 1.807) is 0 Å². The predicted molar refractivity (Wildman–Crippen MR) is 116 cm³/mol. The lowest BCUT2D eigenvalue weighted by Crippen LogP contribution is -2.47. The van der Waals surface area contributed by atoms with Crippen LogP contribution in [0.15, 0.2) is 48.5 Å². The van der Waals surface area contributed by atoms with Crippen LogP contribution in [0.3, 0.4) is 0 Å². The van der Waals surface area contributed by atoms with E-state index in [1.165, 1.54) is 16.7 Å². The molecular weight excluding hydrogens is 362 g/mol. The van der Waals surface area contributed by atoms with Crippen LogP contribution < -0.4 is 0 Å². The number of carbonyl (C=O) groups is 1. The van der Waals surface area contributed by atoms with Gasteiger partial charge in [0.05, 0.1) is 18.8 Å². The second-order valence-corrected chi connectivity index (χ2v) is 8.88. The number of carbonyl (C=O) groups excluding carboxylic acids is 1. The molecule has 1 amide bonds. The van der Waals surface area contributed by atoms with E-state index in [-0.39, 0.29) is 18.2 Å². The Hall–Kier alpha value is -2.33. The number of benzene rings is 2. The quantitative estimate of drug-likeness (QED) is 0.641. The monoisotopic (exact) mass is 395 g/mol. The highest BCUT2D eigenvalue weighted by atomic mass is 16.6. The molecule has 0 radical (unpaired) electrons. The maximum absolute atomic E-state index is 13.0. The molecule has 0 saturated carbocycles. The van der Waals surface area contributed by atoms with Gasteiger partial charge in [-0.2, -0.15) is 0 Å². The number of hydrogen-bond donors (Lipinski definition) is 0. The Morgan fingerprint density at radius 2 is 1.79 bits per heavy atom. The predicted octanol–water partition coefficient (Wildman–Crippen LogP) is 5.96. The molecule has 0 aliphatic carbocycles. The first kappa shape index (κ1) is 21.4. The fraction of sp³-hybridized carbons (Fsp3) is 0.480. The molecule has 4 heteroatoms. The SMILES string of the molecule is Cc1cccc(CO[C@H]2CCCN(C(=O)OC(C)(C)C)[C@H]2c2ccccc2)c1C. The normalized spacial score (nSPS) is 19.8. The molecule has 2 aromatic rings. The first-order chi connectivity index (χ1) is 13.8. The first-order valence-electron chi connectivity index (χ1n) is 10.5. The third-order valence-electron chi connectivity index (χ3n) is 5.51. The zero-order valence-electron chi connectivity index (χ0n) is 18.3. The number of piperidine rings is 1. The molecule has 156 valence electrons. The van der Waals surface area contributed by atoms with Gasteiger partial charge in [-0.05, 0) is 69.7 Å². The molecule has 0 unspecified atom stereocenters. The zero-order chi connectivity index (χ0) is 21.0. The number of likely N-dealkylation sites (tertiary alicyclic amines) is 1. The van der Waals surface area contributed by atoms with Gasteiger partial charge in [0.25, 0.3) is 0 Å². The molecule has 0 N–H and O–H groups in total. The van der Waals surface area contributed by atoms with Gasteiger partial charge in [0, 0.05) is 6.54 Å². The highest BCUT2D eigenvalue weighted by Crippen LogP contribution is 2.35. The van der Waals surface area contributed by atoms with Crippen LogP contribution in [0.4, 0.5) is 4.79 Å². The number of hydrogen-bond acceptors (Lipinski definition) is 3. The van der Waals surface area contributed by atoms with E-state index in [1.807, 2.05) is 43.9 Å². The Bertz CT molecular complexity index is 826. The van der Waals surface area contributed by atoms with E-state index < -0.39 is 5.60 Å². The molecular formula is C25H33NO3. The van der Waals surface area contributed by atoms with E-state index in [9.17, 15) is 4.79 Å². The summed E-state index contributed by atoms with van der Waals surface area (Å²) >= 11 is 0. The zero-order valence-corrected chi connectivity index (χ0v) is 18.3. The van der Waals surface area contributed by atoms with Gasteiger partial charge in [-0.15, -0.1) is 0 Å².